The van der Waals surface area contributed by atoms with Gasteiger partial charge in [0.05, 0.1) is 12.4 Å². The molecule has 0 spiro atoms. The summed E-state index contributed by atoms with van der Waals surface area (Å²) in [5, 5.41) is 9.20. The third kappa shape index (κ3) is 6.02. The van der Waals surface area contributed by atoms with Crippen LogP contribution in [0.15, 0.2) is 60.7 Å². The van der Waals surface area contributed by atoms with Crippen LogP contribution in [-0.2, 0) is 16.1 Å². The summed E-state index contributed by atoms with van der Waals surface area (Å²) < 4.78 is 2.18. The Morgan fingerprint density at radius 3 is 2.66 bits per heavy atom. The second-order valence-electron chi connectivity index (χ2n) is 7.79. The molecule has 0 bridgehead atoms. The highest BCUT2D eigenvalue weighted by atomic mass is 16.6. The van der Waals surface area contributed by atoms with Crippen LogP contribution in [0.4, 0.5) is 0 Å². The van der Waals surface area contributed by atoms with Gasteiger partial charge in [0.1, 0.15) is 0 Å². The normalized spacial score (nSPS) is 17.8. The number of hydrogen-bond acceptors (Lipinski definition) is 4. The van der Waals surface area contributed by atoms with Crippen molar-refractivity contribution in [1.29, 1.82) is 0 Å². The van der Waals surface area contributed by atoms with Crippen molar-refractivity contribution in [3.8, 4) is 0 Å². The van der Waals surface area contributed by atoms with E-state index < -0.39 is 12.1 Å². The Labute approximate surface area is 172 Å². The van der Waals surface area contributed by atoms with Crippen molar-refractivity contribution in [3.05, 3.63) is 66.3 Å². The second-order valence-corrected chi connectivity index (χ2v) is 7.79. The average molecular weight is 398 g/mol. The zero-order chi connectivity index (χ0) is 20.5. The standard InChI is InChI=1S/C23H31N3O3/c24-29-22(23(27)28)13-7-12-20(19-10-5-2-6-11-19)21(26-15-14-25-17-26)16-18-8-3-1-4-9-18/h1,3-4,8-9,12,14-15,17,19,21-22H,2,5-7,10-11,13,16,24H2,(H,27,28)/b20-12-. The van der Waals surface area contributed by atoms with E-state index in [1.165, 1.54) is 43.2 Å². The fourth-order valence-corrected chi connectivity index (χ4v) is 4.35. The van der Waals surface area contributed by atoms with Crippen LogP contribution in [0.2, 0.25) is 0 Å². The van der Waals surface area contributed by atoms with Crippen molar-refractivity contribution in [2.75, 3.05) is 0 Å². The van der Waals surface area contributed by atoms with Crippen LogP contribution < -0.4 is 5.90 Å². The molecule has 6 heteroatoms. The third-order valence-electron chi connectivity index (χ3n) is 5.87. The number of carboxylic acids is 1. The molecule has 1 aliphatic rings. The molecular formula is C23H31N3O3. The molecule has 0 radical (unpaired) electrons. The van der Waals surface area contributed by atoms with Gasteiger partial charge in [-0.05, 0) is 49.2 Å². The van der Waals surface area contributed by atoms with Crippen molar-refractivity contribution in [2.45, 2.75) is 63.5 Å². The van der Waals surface area contributed by atoms with E-state index in [2.05, 4.69) is 44.7 Å². The molecule has 1 aliphatic carbocycles. The van der Waals surface area contributed by atoms with E-state index in [1.807, 2.05) is 24.8 Å². The largest absolute Gasteiger partial charge is 0.479 e. The van der Waals surface area contributed by atoms with Crippen molar-refractivity contribution in [1.82, 2.24) is 9.55 Å². The van der Waals surface area contributed by atoms with Crippen LogP contribution in [0, 0.1) is 5.92 Å². The molecule has 0 aliphatic heterocycles. The molecule has 1 saturated carbocycles. The van der Waals surface area contributed by atoms with Crippen molar-refractivity contribution >= 4 is 5.97 Å². The quantitative estimate of drug-likeness (QED) is 0.461. The smallest absolute Gasteiger partial charge is 0.334 e. The molecule has 3 N–H and O–H groups in total. The molecule has 2 aromatic rings. The summed E-state index contributed by atoms with van der Waals surface area (Å²) in [7, 11) is 0. The van der Waals surface area contributed by atoms with Crippen LogP contribution in [0.1, 0.15) is 56.6 Å². The maximum atomic E-state index is 11.2. The van der Waals surface area contributed by atoms with Gasteiger partial charge in [0.25, 0.3) is 0 Å². The highest BCUT2D eigenvalue weighted by molar-refractivity contribution is 5.72. The SMILES string of the molecule is NOC(CC/C=C(/C1CCCCC1)C(Cc1ccccc1)n1ccnc1)C(=O)O. The predicted octanol–water partition coefficient (Wildman–Crippen LogP) is 4.30. The molecule has 0 saturated heterocycles. The molecule has 0 amide bonds. The minimum atomic E-state index is -1.02. The molecule has 1 aromatic heterocycles. The number of carboxylic acid groups (broad SMARTS) is 1. The number of hydrogen-bond donors (Lipinski definition) is 2. The minimum absolute atomic E-state index is 0.171. The lowest BCUT2D eigenvalue weighted by atomic mass is 9.79. The summed E-state index contributed by atoms with van der Waals surface area (Å²) >= 11 is 0. The first-order valence-electron chi connectivity index (χ1n) is 10.5. The van der Waals surface area contributed by atoms with Crippen LogP contribution in [-0.4, -0.2) is 26.7 Å². The Balaban J connectivity index is 1.87. The molecule has 156 valence electrons. The lowest BCUT2D eigenvalue weighted by Gasteiger charge is -2.31. The van der Waals surface area contributed by atoms with Crippen molar-refractivity contribution in [2.24, 2.45) is 11.8 Å². The van der Waals surface area contributed by atoms with E-state index in [1.54, 1.807) is 0 Å². The lowest BCUT2D eigenvalue weighted by Crippen LogP contribution is -2.27. The van der Waals surface area contributed by atoms with Gasteiger partial charge in [-0.3, -0.25) is 4.84 Å². The third-order valence-corrected chi connectivity index (χ3v) is 5.87. The summed E-state index contributed by atoms with van der Waals surface area (Å²) in [4.78, 5) is 20.1. The number of allylic oxidation sites excluding steroid dienone is 2. The van der Waals surface area contributed by atoms with Crippen molar-refractivity contribution < 1.29 is 14.7 Å². The summed E-state index contributed by atoms with van der Waals surface area (Å²) in [6.45, 7) is 0. The highest BCUT2D eigenvalue weighted by Crippen LogP contribution is 2.37. The van der Waals surface area contributed by atoms with Gasteiger partial charge < -0.3 is 9.67 Å². The van der Waals surface area contributed by atoms with E-state index >= 15 is 0 Å². The number of nitrogens with two attached hydrogens (primary N) is 1. The zero-order valence-electron chi connectivity index (χ0n) is 16.8. The van der Waals surface area contributed by atoms with E-state index in [4.69, 9.17) is 5.90 Å². The molecule has 1 heterocycles. The van der Waals surface area contributed by atoms with Gasteiger partial charge >= 0.3 is 5.97 Å². The van der Waals surface area contributed by atoms with E-state index in [-0.39, 0.29) is 6.04 Å². The van der Waals surface area contributed by atoms with Gasteiger partial charge in [-0.25, -0.2) is 15.7 Å². The lowest BCUT2D eigenvalue weighted by molar-refractivity contribution is -0.151. The molecule has 1 fully saturated rings. The minimum Gasteiger partial charge on any atom is -0.479 e. The molecule has 3 rings (SSSR count). The summed E-state index contributed by atoms with van der Waals surface area (Å²) in [5.74, 6) is 4.66. The first kappa shape index (κ1) is 21.3. The maximum absolute atomic E-state index is 11.2. The Bertz CT molecular complexity index is 768. The van der Waals surface area contributed by atoms with Crippen molar-refractivity contribution in [3.63, 3.8) is 0 Å². The Morgan fingerprint density at radius 1 is 1.28 bits per heavy atom. The summed E-state index contributed by atoms with van der Waals surface area (Å²) in [5.41, 5.74) is 2.66. The van der Waals surface area contributed by atoms with Gasteiger partial charge in [-0.2, -0.15) is 0 Å². The molecule has 2 unspecified atom stereocenters. The Kier molecular flexibility index (Phi) is 8.02. The van der Waals surface area contributed by atoms with Gasteiger partial charge in [-0.1, -0.05) is 55.7 Å². The summed E-state index contributed by atoms with van der Waals surface area (Å²) in [6.07, 6.45) is 15.0. The average Bonchev–Trinajstić information content (AvgIpc) is 3.28. The van der Waals surface area contributed by atoms with Crippen LogP contribution in [0.25, 0.3) is 0 Å². The fraction of sp³-hybridized carbons (Fsp3) is 0.478. The number of imidazole rings is 1. The topological polar surface area (TPSA) is 90.4 Å². The zero-order valence-corrected chi connectivity index (χ0v) is 16.8. The molecular weight excluding hydrogens is 366 g/mol. The number of benzene rings is 1. The van der Waals surface area contributed by atoms with E-state index in [9.17, 15) is 9.90 Å². The molecule has 29 heavy (non-hydrogen) atoms. The van der Waals surface area contributed by atoms with Crippen LogP contribution in [0.3, 0.4) is 0 Å². The number of carbonyl (C=O) groups is 1. The number of aromatic nitrogens is 2. The first-order valence-corrected chi connectivity index (χ1v) is 10.5. The number of rotatable bonds is 10. The molecule has 6 nitrogen and oxygen atoms in total. The van der Waals surface area contributed by atoms with Crippen LogP contribution >= 0.6 is 0 Å². The van der Waals surface area contributed by atoms with E-state index in [0.717, 1.165) is 6.42 Å². The fourth-order valence-electron chi connectivity index (χ4n) is 4.35. The number of aliphatic carboxylic acids is 1. The van der Waals surface area contributed by atoms with Gasteiger partial charge in [0.15, 0.2) is 6.10 Å². The monoisotopic (exact) mass is 397 g/mol. The second kappa shape index (κ2) is 10.9. The Morgan fingerprint density at radius 2 is 2.03 bits per heavy atom. The highest BCUT2D eigenvalue weighted by Gasteiger charge is 2.26. The first-order chi connectivity index (χ1) is 14.2. The van der Waals surface area contributed by atoms with E-state index in [0.29, 0.717) is 18.8 Å². The van der Waals surface area contributed by atoms with Crippen LogP contribution in [0.5, 0.6) is 0 Å². The Hall–Kier alpha value is -2.44. The summed E-state index contributed by atoms with van der Waals surface area (Å²) in [6, 6.07) is 10.7. The predicted molar refractivity (Wildman–Crippen MR) is 112 cm³/mol. The maximum Gasteiger partial charge on any atom is 0.334 e. The number of nitrogens with zero attached hydrogens (tertiary/aromatic N) is 2. The van der Waals surface area contributed by atoms with Gasteiger partial charge in [0.2, 0.25) is 0 Å². The molecule has 1 aromatic carbocycles. The molecule has 2 atom stereocenters. The van der Waals surface area contributed by atoms with Gasteiger partial charge in [0, 0.05) is 12.4 Å². The van der Waals surface area contributed by atoms with Gasteiger partial charge in [-0.15, -0.1) is 0 Å².